The lowest BCUT2D eigenvalue weighted by molar-refractivity contribution is -0.154. The van der Waals surface area contributed by atoms with E-state index < -0.39 is 35.6 Å². The minimum Gasteiger partial charge on any atom is -0.497 e. The Labute approximate surface area is 201 Å². The summed E-state index contributed by atoms with van der Waals surface area (Å²) in [5, 5.41) is 0. The zero-order valence-corrected chi connectivity index (χ0v) is 19.9. The number of alkyl halides is 3. The average Bonchev–Trinajstić information content (AvgIpc) is 2.91. The summed E-state index contributed by atoms with van der Waals surface area (Å²) in [4.78, 5) is 39.9. The Morgan fingerprint density at radius 3 is 2.31 bits per heavy atom. The van der Waals surface area contributed by atoms with Crippen molar-refractivity contribution in [2.24, 2.45) is 0 Å². The maximum Gasteiger partial charge on any atom is 0.416 e. The first-order chi connectivity index (χ1) is 16.4. The van der Waals surface area contributed by atoms with Crippen LogP contribution in [0.2, 0.25) is 0 Å². The predicted octanol–water partition coefficient (Wildman–Crippen LogP) is 3.80. The molecule has 188 valence electrons. The lowest BCUT2D eigenvalue weighted by Gasteiger charge is -2.29. The number of carbonyl (C=O) groups excluding carboxylic acids is 3. The standard InChI is InChI=1S/C25H27F3N2O5/c1-15(31)29(3)12-13-30-22-7-5-6-21(25(26,27)28)20(22)14-19(23(24(30)33)35-16(2)32)17-8-10-18(34-4)11-9-17/h5-11,19,23H,12-14H2,1-4H3/t19-,23+/m0/s1. The van der Waals surface area contributed by atoms with E-state index in [4.69, 9.17) is 9.47 Å². The summed E-state index contributed by atoms with van der Waals surface area (Å²) in [7, 11) is 3.01. The number of methoxy groups -OCH3 is 1. The molecule has 10 heteroatoms. The molecule has 7 nitrogen and oxygen atoms in total. The third kappa shape index (κ3) is 5.75. The Morgan fingerprint density at radius 2 is 1.77 bits per heavy atom. The molecule has 0 spiro atoms. The van der Waals surface area contributed by atoms with Crippen molar-refractivity contribution < 1.29 is 37.0 Å². The molecule has 2 amide bonds. The van der Waals surface area contributed by atoms with Crippen molar-refractivity contribution >= 4 is 23.5 Å². The fourth-order valence-electron chi connectivity index (χ4n) is 4.17. The van der Waals surface area contributed by atoms with Crippen LogP contribution in [0.4, 0.5) is 18.9 Å². The summed E-state index contributed by atoms with van der Waals surface area (Å²) < 4.78 is 52.7. The molecule has 0 aliphatic carbocycles. The van der Waals surface area contributed by atoms with Crippen LogP contribution in [0, 0.1) is 0 Å². The zero-order chi connectivity index (χ0) is 25.9. The van der Waals surface area contributed by atoms with Gasteiger partial charge in [-0.1, -0.05) is 18.2 Å². The fraction of sp³-hybridized carbons (Fsp3) is 0.400. The van der Waals surface area contributed by atoms with Gasteiger partial charge in [-0.05, 0) is 41.8 Å². The van der Waals surface area contributed by atoms with Gasteiger partial charge in [0.1, 0.15) is 5.75 Å². The van der Waals surface area contributed by atoms with Crippen molar-refractivity contribution in [1.82, 2.24) is 4.90 Å². The number of ether oxygens (including phenoxy) is 2. The van der Waals surface area contributed by atoms with Crippen LogP contribution in [-0.2, 0) is 31.7 Å². The van der Waals surface area contributed by atoms with E-state index >= 15 is 0 Å². The van der Waals surface area contributed by atoms with Crippen LogP contribution in [0.25, 0.3) is 0 Å². The molecule has 0 saturated heterocycles. The molecule has 1 aliphatic heterocycles. The van der Waals surface area contributed by atoms with E-state index in [0.29, 0.717) is 11.3 Å². The Hall–Kier alpha value is -3.56. The van der Waals surface area contributed by atoms with E-state index in [0.717, 1.165) is 13.0 Å². The number of carbonyl (C=O) groups is 3. The topological polar surface area (TPSA) is 76.2 Å². The number of benzene rings is 2. The minimum absolute atomic E-state index is 0.0731. The first-order valence-corrected chi connectivity index (χ1v) is 11.0. The maximum absolute atomic E-state index is 14.0. The van der Waals surface area contributed by atoms with Gasteiger partial charge >= 0.3 is 12.1 Å². The highest BCUT2D eigenvalue weighted by Crippen LogP contribution is 2.43. The van der Waals surface area contributed by atoms with Gasteiger partial charge in [0, 0.05) is 45.6 Å². The first-order valence-electron chi connectivity index (χ1n) is 11.0. The predicted molar refractivity (Wildman–Crippen MR) is 122 cm³/mol. The second kappa shape index (κ2) is 10.4. The van der Waals surface area contributed by atoms with Crippen LogP contribution in [-0.4, -0.2) is 56.0 Å². The van der Waals surface area contributed by atoms with E-state index in [-0.39, 0.29) is 36.7 Å². The van der Waals surface area contributed by atoms with Crippen LogP contribution in [0.15, 0.2) is 42.5 Å². The van der Waals surface area contributed by atoms with Gasteiger partial charge in [0.15, 0.2) is 6.10 Å². The fourth-order valence-corrected chi connectivity index (χ4v) is 4.17. The van der Waals surface area contributed by atoms with Crippen molar-refractivity contribution in [3.05, 3.63) is 59.2 Å². The second-order valence-electron chi connectivity index (χ2n) is 8.35. The van der Waals surface area contributed by atoms with Gasteiger partial charge < -0.3 is 19.3 Å². The molecule has 0 N–H and O–H groups in total. The van der Waals surface area contributed by atoms with Crippen molar-refractivity contribution in [3.63, 3.8) is 0 Å². The summed E-state index contributed by atoms with van der Waals surface area (Å²) in [6.45, 7) is 2.50. The molecule has 0 saturated carbocycles. The number of esters is 1. The molecule has 2 atom stereocenters. The zero-order valence-electron chi connectivity index (χ0n) is 19.9. The molecule has 35 heavy (non-hydrogen) atoms. The molecule has 0 bridgehead atoms. The molecular weight excluding hydrogens is 465 g/mol. The molecule has 3 rings (SSSR count). The number of likely N-dealkylation sites (N-methyl/N-ethyl adjacent to an activating group) is 1. The van der Waals surface area contributed by atoms with Gasteiger partial charge in [-0.25, -0.2) is 0 Å². The maximum atomic E-state index is 14.0. The highest BCUT2D eigenvalue weighted by molar-refractivity contribution is 6.00. The van der Waals surface area contributed by atoms with Gasteiger partial charge in [0.25, 0.3) is 5.91 Å². The molecule has 2 aromatic rings. The number of nitrogens with zero attached hydrogens (tertiary/aromatic N) is 2. The summed E-state index contributed by atoms with van der Waals surface area (Å²) in [6.07, 6.45) is -6.22. The molecule has 0 radical (unpaired) electrons. The highest BCUT2D eigenvalue weighted by Gasteiger charge is 2.44. The first kappa shape index (κ1) is 26.1. The van der Waals surface area contributed by atoms with Crippen LogP contribution in [0.1, 0.15) is 36.5 Å². The molecule has 2 aromatic carbocycles. The van der Waals surface area contributed by atoms with Crippen molar-refractivity contribution in [2.75, 3.05) is 32.1 Å². The Kier molecular flexibility index (Phi) is 7.72. The Morgan fingerprint density at radius 1 is 1.11 bits per heavy atom. The van der Waals surface area contributed by atoms with Gasteiger partial charge in [-0.3, -0.25) is 14.4 Å². The number of hydrogen-bond acceptors (Lipinski definition) is 5. The quantitative estimate of drug-likeness (QED) is 0.574. The van der Waals surface area contributed by atoms with E-state index in [2.05, 4.69) is 0 Å². The molecule has 0 aromatic heterocycles. The molecule has 1 aliphatic rings. The lowest BCUT2D eigenvalue weighted by Crippen LogP contribution is -2.46. The van der Waals surface area contributed by atoms with Gasteiger partial charge in [-0.2, -0.15) is 13.2 Å². The number of anilines is 1. The Balaban J connectivity index is 2.19. The summed E-state index contributed by atoms with van der Waals surface area (Å²) in [5.41, 5.74) is -0.338. The number of fused-ring (bicyclic) bond motifs is 1. The van der Waals surface area contributed by atoms with Crippen molar-refractivity contribution in [1.29, 1.82) is 0 Å². The van der Waals surface area contributed by atoms with E-state index in [9.17, 15) is 27.6 Å². The van der Waals surface area contributed by atoms with E-state index in [1.165, 1.54) is 43.0 Å². The van der Waals surface area contributed by atoms with Crippen LogP contribution < -0.4 is 9.64 Å². The summed E-state index contributed by atoms with van der Waals surface area (Å²) in [6, 6.07) is 10.2. The smallest absolute Gasteiger partial charge is 0.416 e. The second-order valence-corrected chi connectivity index (χ2v) is 8.35. The summed E-state index contributed by atoms with van der Waals surface area (Å²) >= 11 is 0. The van der Waals surface area contributed by atoms with E-state index in [1.807, 2.05) is 0 Å². The number of hydrogen-bond donors (Lipinski definition) is 0. The number of halogens is 3. The molecule has 1 heterocycles. The Bertz CT molecular complexity index is 1100. The lowest BCUT2D eigenvalue weighted by atomic mass is 9.86. The monoisotopic (exact) mass is 492 g/mol. The van der Waals surface area contributed by atoms with Crippen LogP contribution >= 0.6 is 0 Å². The van der Waals surface area contributed by atoms with Gasteiger partial charge in [0.05, 0.1) is 12.7 Å². The SMILES string of the molecule is COc1ccc([C@@H]2Cc3c(cccc3C(F)(F)F)N(CCN(C)C(C)=O)C(=O)[C@@H]2OC(C)=O)cc1. The number of amides is 2. The average molecular weight is 492 g/mol. The van der Waals surface area contributed by atoms with Gasteiger partial charge in [0.2, 0.25) is 5.91 Å². The normalized spacial score (nSPS) is 17.9. The van der Waals surface area contributed by atoms with E-state index in [1.54, 1.807) is 24.3 Å². The third-order valence-electron chi connectivity index (χ3n) is 6.08. The highest BCUT2D eigenvalue weighted by atomic mass is 19.4. The van der Waals surface area contributed by atoms with Crippen LogP contribution in [0.5, 0.6) is 5.75 Å². The van der Waals surface area contributed by atoms with Gasteiger partial charge in [-0.15, -0.1) is 0 Å². The van der Waals surface area contributed by atoms with Crippen LogP contribution in [0.3, 0.4) is 0 Å². The third-order valence-corrected chi connectivity index (χ3v) is 6.08. The number of rotatable bonds is 6. The van der Waals surface area contributed by atoms with Crippen molar-refractivity contribution in [3.8, 4) is 5.75 Å². The van der Waals surface area contributed by atoms with Crippen molar-refractivity contribution in [2.45, 2.75) is 38.5 Å². The largest absolute Gasteiger partial charge is 0.497 e. The molecule has 0 fully saturated rings. The molecular formula is C25H27F3N2O5. The summed E-state index contributed by atoms with van der Waals surface area (Å²) in [5.74, 6) is -2.00. The molecule has 0 unspecified atom stereocenters. The minimum atomic E-state index is -4.66.